The lowest BCUT2D eigenvalue weighted by Crippen LogP contribution is -2.44. The van der Waals surface area contributed by atoms with Crippen molar-refractivity contribution >= 4 is 11.9 Å². The Kier molecular flexibility index (Phi) is 5.33. The van der Waals surface area contributed by atoms with E-state index >= 15 is 0 Å². The first kappa shape index (κ1) is 15.5. The van der Waals surface area contributed by atoms with Crippen molar-refractivity contribution in [2.45, 2.75) is 32.2 Å². The van der Waals surface area contributed by atoms with Crippen LogP contribution >= 0.6 is 0 Å². The number of aromatic carboxylic acids is 1. The van der Waals surface area contributed by atoms with Gasteiger partial charge in [0, 0.05) is 18.2 Å². The van der Waals surface area contributed by atoms with Gasteiger partial charge >= 0.3 is 5.97 Å². The average Bonchev–Trinajstić information content (AvgIpc) is 2.53. The van der Waals surface area contributed by atoms with Gasteiger partial charge in [-0.15, -0.1) is 0 Å². The van der Waals surface area contributed by atoms with Crippen LogP contribution in [0.3, 0.4) is 0 Å². The number of carbonyl (C=O) groups excluding carboxylic acids is 1. The number of nitrogens with zero attached hydrogens (tertiary/aromatic N) is 1. The Morgan fingerprint density at radius 1 is 1.14 bits per heavy atom. The molecule has 2 N–H and O–H groups in total. The summed E-state index contributed by atoms with van der Waals surface area (Å²) < 4.78 is 0. The first-order chi connectivity index (χ1) is 10.1. The van der Waals surface area contributed by atoms with Crippen molar-refractivity contribution in [1.82, 2.24) is 10.2 Å². The molecule has 5 heteroatoms. The van der Waals surface area contributed by atoms with Crippen LogP contribution in [-0.2, 0) is 0 Å². The Morgan fingerprint density at radius 3 is 2.29 bits per heavy atom. The second kappa shape index (κ2) is 7.22. The summed E-state index contributed by atoms with van der Waals surface area (Å²) in [4.78, 5) is 25.2. The molecule has 1 aromatic carbocycles. The Hall–Kier alpha value is -1.88. The first-order valence-corrected chi connectivity index (χ1v) is 7.43. The molecule has 1 atom stereocenters. The smallest absolute Gasteiger partial charge is 0.335 e. The molecule has 0 aliphatic carbocycles. The monoisotopic (exact) mass is 290 g/mol. The van der Waals surface area contributed by atoms with Crippen LogP contribution in [0, 0.1) is 0 Å². The summed E-state index contributed by atoms with van der Waals surface area (Å²) in [5.41, 5.74) is 0.680. The number of carboxylic acid groups (broad SMARTS) is 1. The van der Waals surface area contributed by atoms with Gasteiger partial charge in [0.1, 0.15) is 0 Å². The van der Waals surface area contributed by atoms with Crippen LogP contribution < -0.4 is 5.32 Å². The Labute approximate surface area is 125 Å². The number of amides is 1. The molecule has 1 amide bonds. The highest BCUT2D eigenvalue weighted by atomic mass is 16.4. The molecular weight excluding hydrogens is 268 g/mol. The van der Waals surface area contributed by atoms with Gasteiger partial charge in [-0.25, -0.2) is 4.79 Å². The molecule has 2 rings (SSSR count). The molecule has 0 aromatic heterocycles. The first-order valence-electron chi connectivity index (χ1n) is 7.43. The molecule has 1 fully saturated rings. The number of carbonyl (C=O) groups is 2. The van der Waals surface area contributed by atoms with Crippen molar-refractivity contribution in [2.75, 3.05) is 19.6 Å². The summed E-state index contributed by atoms with van der Waals surface area (Å²) in [5.74, 6) is -1.14. The highest BCUT2D eigenvalue weighted by Crippen LogP contribution is 2.11. The van der Waals surface area contributed by atoms with Gasteiger partial charge in [-0.05, 0) is 57.1 Å². The van der Waals surface area contributed by atoms with Crippen molar-refractivity contribution < 1.29 is 14.7 Å². The molecule has 0 bridgehead atoms. The lowest BCUT2D eigenvalue weighted by Gasteiger charge is -2.32. The second-order valence-electron chi connectivity index (χ2n) is 5.54. The third-order valence-corrected chi connectivity index (χ3v) is 3.97. The lowest BCUT2D eigenvalue weighted by atomic mass is 10.1. The number of piperidine rings is 1. The van der Waals surface area contributed by atoms with Crippen molar-refractivity contribution in [3.8, 4) is 0 Å². The number of nitrogens with one attached hydrogen (secondary N) is 1. The molecule has 1 heterocycles. The summed E-state index contributed by atoms with van der Waals surface area (Å²) in [7, 11) is 0. The van der Waals surface area contributed by atoms with Crippen LogP contribution in [0.1, 0.15) is 46.9 Å². The molecule has 21 heavy (non-hydrogen) atoms. The molecule has 0 saturated carbocycles. The number of likely N-dealkylation sites (tertiary alicyclic amines) is 1. The third kappa shape index (κ3) is 4.29. The molecule has 0 radical (unpaired) electrons. The molecular formula is C16H22N2O3. The Morgan fingerprint density at radius 2 is 1.71 bits per heavy atom. The van der Waals surface area contributed by atoms with E-state index in [-0.39, 0.29) is 11.5 Å². The SMILES string of the molecule is CC(CNC(=O)c1ccc(C(=O)O)cc1)N1CCCCC1. The molecule has 0 spiro atoms. The number of hydrogen-bond donors (Lipinski definition) is 2. The predicted octanol–water partition coefficient (Wildman–Crippen LogP) is 1.99. The Balaban J connectivity index is 1.84. The average molecular weight is 290 g/mol. The van der Waals surface area contributed by atoms with E-state index in [9.17, 15) is 9.59 Å². The zero-order chi connectivity index (χ0) is 15.2. The normalized spacial score (nSPS) is 17.2. The van der Waals surface area contributed by atoms with Gasteiger partial charge in [-0.3, -0.25) is 9.69 Å². The van der Waals surface area contributed by atoms with Gasteiger partial charge in [0.05, 0.1) is 5.56 Å². The van der Waals surface area contributed by atoms with E-state index in [1.807, 2.05) is 0 Å². The summed E-state index contributed by atoms with van der Waals surface area (Å²) in [6.45, 7) is 4.94. The highest BCUT2D eigenvalue weighted by Gasteiger charge is 2.17. The van der Waals surface area contributed by atoms with E-state index < -0.39 is 5.97 Å². The number of hydrogen-bond acceptors (Lipinski definition) is 3. The topological polar surface area (TPSA) is 69.6 Å². The van der Waals surface area contributed by atoms with Crippen molar-refractivity contribution in [3.63, 3.8) is 0 Å². The lowest BCUT2D eigenvalue weighted by molar-refractivity contribution is 0.0696. The fourth-order valence-electron chi connectivity index (χ4n) is 2.59. The van der Waals surface area contributed by atoms with E-state index in [4.69, 9.17) is 5.11 Å². The molecule has 1 aromatic rings. The zero-order valence-corrected chi connectivity index (χ0v) is 12.3. The molecule has 114 valence electrons. The summed E-state index contributed by atoms with van der Waals surface area (Å²) in [6, 6.07) is 6.32. The minimum absolute atomic E-state index is 0.157. The van der Waals surface area contributed by atoms with Gasteiger partial charge in [0.15, 0.2) is 0 Å². The van der Waals surface area contributed by atoms with Gasteiger partial charge in [0.2, 0.25) is 0 Å². The van der Waals surface area contributed by atoms with E-state index in [1.54, 1.807) is 12.1 Å². The minimum Gasteiger partial charge on any atom is -0.478 e. The molecule has 1 aliphatic rings. The van der Waals surface area contributed by atoms with E-state index in [0.29, 0.717) is 18.2 Å². The quantitative estimate of drug-likeness (QED) is 0.870. The zero-order valence-electron chi connectivity index (χ0n) is 12.3. The fraction of sp³-hybridized carbons (Fsp3) is 0.500. The highest BCUT2D eigenvalue weighted by molar-refractivity contribution is 5.95. The molecule has 5 nitrogen and oxygen atoms in total. The van der Waals surface area contributed by atoms with Crippen molar-refractivity contribution in [3.05, 3.63) is 35.4 Å². The summed E-state index contributed by atoms with van der Waals surface area (Å²) >= 11 is 0. The van der Waals surface area contributed by atoms with Crippen molar-refractivity contribution in [2.24, 2.45) is 0 Å². The van der Waals surface area contributed by atoms with Gasteiger partial charge in [-0.1, -0.05) is 6.42 Å². The van der Waals surface area contributed by atoms with E-state index in [0.717, 1.165) is 13.1 Å². The van der Waals surface area contributed by atoms with Crippen molar-refractivity contribution in [1.29, 1.82) is 0 Å². The minimum atomic E-state index is -0.985. The molecule has 1 unspecified atom stereocenters. The third-order valence-electron chi connectivity index (χ3n) is 3.97. The standard InChI is InChI=1S/C16H22N2O3/c1-12(18-9-3-2-4-10-18)11-17-15(19)13-5-7-14(8-6-13)16(20)21/h5-8,12H,2-4,9-11H2,1H3,(H,17,19)(H,20,21). The maximum atomic E-state index is 12.0. The number of carboxylic acids is 1. The predicted molar refractivity (Wildman–Crippen MR) is 80.6 cm³/mol. The van der Waals surface area contributed by atoms with Crippen LogP contribution in [0.2, 0.25) is 0 Å². The van der Waals surface area contributed by atoms with E-state index in [2.05, 4.69) is 17.1 Å². The van der Waals surface area contributed by atoms with Crippen LogP contribution in [0.4, 0.5) is 0 Å². The van der Waals surface area contributed by atoms with E-state index in [1.165, 1.54) is 31.4 Å². The summed E-state index contributed by atoms with van der Waals surface area (Å²) in [5, 5.41) is 11.7. The molecule has 1 aliphatic heterocycles. The maximum absolute atomic E-state index is 12.0. The summed E-state index contributed by atoms with van der Waals surface area (Å²) in [6.07, 6.45) is 3.76. The fourth-order valence-corrected chi connectivity index (χ4v) is 2.59. The maximum Gasteiger partial charge on any atom is 0.335 e. The largest absolute Gasteiger partial charge is 0.478 e. The number of rotatable bonds is 5. The van der Waals surface area contributed by atoms with Crippen LogP contribution in [0.15, 0.2) is 24.3 Å². The van der Waals surface area contributed by atoms with Crippen LogP contribution in [-0.4, -0.2) is 47.6 Å². The Bertz CT molecular complexity index is 493. The van der Waals surface area contributed by atoms with Crippen LogP contribution in [0.25, 0.3) is 0 Å². The second-order valence-corrected chi connectivity index (χ2v) is 5.54. The van der Waals surface area contributed by atoms with Gasteiger partial charge < -0.3 is 10.4 Å². The van der Waals surface area contributed by atoms with Gasteiger partial charge in [0.25, 0.3) is 5.91 Å². The van der Waals surface area contributed by atoms with Gasteiger partial charge in [-0.2, -0.15) is 0 Å². The molecule has 1 saturated heterocycles. The number of benzene rings is 1. The van der Waals surface area contributed by atoms with Crippen LogP contribution in [0.5, 0.6) is 0 Å².